The van der Waals surface area contributed by atoms with E-state index in [9.17, 15) is 9.90 Å². The first-order valence-corrected chi connectivity index (χ1v) is 8.44. The van der Waals surface area contributed by atoms with E-state index in [-0.39, 0.29) is 11.7 Å². The molecule has 2 heterocycles. The van der Waals surface area contributed by atoms with Crippen molar-refractivity contribution in [3.05, 3.63) is 65.5 Å². The van der Waals surface area contributed by atoms with Crippen molar-refractivity contribution in [3.8, 4) is 22.8 Å². The maximum absolute atomic E-state index is 11.8. The second-order valence-electron chi connectivity index (χ2n) is 5.45. The molecule has 0 saturated heterocycles. The summed E-state index contributed by atoms with van der Waals surface area (Å²) in [6, 6.07) is 18.5. The van der Waals surface area contributed by atoms with Gasteiger partial charge in [-0.15, -0.1) is 11.3 Å². The van der Waals surface area contributed by atoms with E-state index >= 15 is 0 Å². The molecule has 0 bridgehead atoms. The second-order valence-corrected chi connectivity index (χ2v) is 6.48. The molecular weight excluding hydrogens is 336 g/mol. The number of hydrogen-bond donors (Lipinski definition) is 1. The van der Waals surface area contributed by atoms with Crippen LogP contribution in [0.2, 0.25) is 0 Å². The van der Waals surface area contributed by atoms with Crippen molar-refractivity contribution >= 4 is 27.7 Å². The molecular formula is C19H14N2O3S. The SMILES string of the molecule is COC(=O)c1cc2nc(-c3ccc(O)cc3)n(-c3ccccc3)c2s1. The minimum absolute atomic E-state index is 0.205. The molecule has 0 aliphatic carbocycles. The van der Waals surface area contributed by atoms with Crippen LogP contribution in [0.1, 0.15) is 9.67 Å². The van der Waals surface area contributed by atoms with Crippen LogP contribution < -0.4 is 0 Å². The number of thiophene rings is 1. The molecule has 0 spiro atoms. The van der Waals surface area contributed by atoms with Crippen LogP contribution in [-0.2, 0) is 4.74 Å². The van der Waals surface area contributed by atoms with Gasteiger partial charge in [0.2, 0.25) is 0 Å². The Labute approximate surface area is 147 Å². The molecule has 0 amide bonds. The number of esters is 1. The third kappa shape index (κ3) is 2.66. The van der Waals surface area contributed by atoms with Gasteiger partial charge >= 0.3 is 5.97 Å². The summed E-state index contributed by atoms with van der Waals surface area (Å²) in [5, 5.41) is 9.54. The van der Waals surface area contributed by atoms with E-state index in [1.165, 1.54) is 18.4 Å². The van der Waals surface area contributed by atoms with Gasteiger partial charge in [0.1, 0.15) is 26.8 Å². The Morgan fingerprint density at radius 1 is 1.12 bits per heavy atom. The fourth-order valence-electron chi connectivity index (χ4n) is 2.69. The summed E-state index contributed by atoms with van der Waals surface area (Å²) in [6.45, 7) is 0. The van der Waals surface area contributed by atoms with E-state index in [4.69, 9.17) is 9.72 Å². The van der Waals surface area contributed by atoms with Gasteiger partial charge in [0.25, 0.3) is 0 Å². The Balaban J connectivity index is 1.97. The molecule has 0 unspecified atom stereocenters. The monoisotopic (exact) mass is 350 g/mol. The van der Waals surface area contributed by atoms with Crippen molar-refractivity contribution in [1.29, 1.82) is 0 Å². The Morgan fingerprint density at radius 2 is 1.84 bits per heavy atom. The number of aromatic hydroxyl groups is 1. The number of methoxy groups -OCH3 is 1. The summed E-state index contributed by atoms with van der Waals surface area (Å²) in [7, 11) is 1.37. The van der Waals surface area contributed by atoms with Crippen LogP contribution in [0.3, 0.4) is 0 Å². The number of fused-ring (bicyclic) bond motifs is 1. The fourth-order valence-corrected chi connectivity index (χ4v) is 3.73. The molecule has 6 heteroatoms. The number of phenols is 1. The van der Waals surface area contributed by atoms with E-state index in [0.29, 0.717) is 4.88 Å². The van der Waals surface area contributed by atoms with Gasteiger partial charge in [0.05, 0.1) is 7.11 Å². The van der Waals surface area contributed by atoms with Crippen molar-refractivity contribution in [3.63, 3.8) is 0 Å². The van der Waals surface area contributed by atoms with E-state index in [0.717, 1.165) is 27.4 Å². The third-order valence-corrected chi connectivity index (χ3v) is 4.95. The van der Waals surface area contributed by atoms with Gasteiger partial charge in [-0.25, -0.2) is 9.78 Å². The van der Waals surface area contributed by atoms with Crippen LogP contribution in [0.5, 0.6) is 5.75 Å². The highest BCUT2D eigenvalue weighted by molar-refractivity contribution is 7.20. The Kier molecular flexibility index (Phi) is 3.74. The van der Waals surface area contributed by atoms with Gasteiger partial charge in [-0.05, 0) is 42.5 Å². The number of nitrogens with zero attached hydrogens (tertiary/aromatic N) is 2. The summed E-state index contributed by atoms with van der Waals surface area (Å²) in [4.78, 5) is 17.9. The average molecular weight is 350 g/mol. The summed E-state index contributed by atoms with van der Waals surface area (Å²) in [5.74, 6) is 0.592. The van der Waals surface area contributed by atoms with Crippen LogP contribution in [0.15, 0.2) is 60.7 Å². The molecule has 0 fully saturated rings. The molecule has 0 radical (unpaired) electrons. The van der Waals surface area contributed by atoms with Crippen molar-refractivity contribution < 1.29 is 14.6 Å². The number of phenolic OH excluding ortho intramolecular Hbond substituents is 1. The molecule has 4 rings (SSSR count). The number of carbonyl (C=O) groups is 1. The normalized spacial score (nSPS) is 10.9. The predicted molar refractivity (Wildman–Crippen MR) is 97.4 cm³/mol. The number of rotatable bonds is 3. The van der Waals surface area contributed by atoms with Gasteiger partial charge in [-0.2, -0.15) is 0 Å². The zero-order valence-electron chi connectivity index (χ0n) is 13.3. The Bertz CT molecular complexity index is 1050. The number of para-hydroxylation sites is 1. The van der Waals surface area contributed by atoms with Crippen LogP contribution >= 0.6 is 11.3 Å². The van der Waals surface area contributed by atoms with Crippen molar-refractivity contribution in [2.75, 3.05) is 7.11 Å². The van der Waals surface area contributed by atoms with Crippen LogP contribution in [0.4, 0.5) is 0 Å². The largest absolute Gasteiger partial charge is 0.508 e. The lowest BCUT2D eigenvalue weighted by molar-refractivity contribution is 0.0606. The van der Waals surface area contributed by atoms with Crippen molar-refractivity contribution in [2.24, 2.45) is 0 Å². The molecule has 1 N–H and O–H groups in total. The number of hydrogen-bond acceptors (Lipinski definition) is 5. The van der Waals surface area contributed by atoms with Crippen molar-refractivity contribution in [1.82, 2.24) is 9.55 Å². The van der Waals surface area contributed by atoms with Gasteiger partial charge < -0.3 is 9.84 Å². The molecule has 0 aliphatic heterocycles. The molecule has 0 saturated carbocycles. The quantitative estimate of drug-likeness (QED) is 0.561. The van der Waals surface area contributed by atoms with Crippen molar-refractivity contribution in [2.45, 2.75) is 0 Å². The standard InChI is InChI=1S/C19H14N2O3S/c1-24-19(23)16-11-15-18(25-16)21(13-5-3-2-4-6-13)17(20-15)12-7-9-14(22)10-8-12/h2-11,22H,1H3. The molecule has 2 aromatic carbocycles. The maximum atomic E-state index is 11.8. The minimum atomic E-state index is -0.367. The molecule has 0 aliphatic rings. The van der Waals surface area contributed by atoms with E-state index in [2.05, 4.69) is 0 Å². The van der Waals surface area contributed by atoms with E-state index < -0.39 is 0 Å². The van der Waals surface area contributed by atoms with Gasteiger partial charge in [-0.1, -0.05) is 18.2 Å². The average Bonchev–Trinajstić information content (AvgIpc) is 3.20. The highest BCUT2D eigenvalue weighted by Gasteiger charge is 2.19. The first-order chi connectivity index (χ1) is 12.2. The predicted octanol–water partition coefficient (Wildman–Crippen LogP) is 4.25. The van der Waals surface area contributed by atoms with Crippen LogP contribution in [0, 0.1) is 0 Å². The third-order valence-electron chi connectivity index (χ3n) is 3.86. The Hall–Kier alpha value is -3.12. The first-order valence-electron chi connectivity index (χ1n) is 7.63. The van der Waals surface area contributed by atoms with Gasteiger partial charge in [0.15, 0.2) is 0 Å². The number of ether oxygens (including phenoxy) is 1. The fraction of sp³-hybridized carbons (Fsp3) is 0.0526. The lowest BCUT2D eigenvalue weighted by atomic mass is 10.2. The lowest BCUT2D eigenvalue weighted by Gasteiger charge is -2.09. The van der Waals surface area contributed by atoms with E-state index in [1.807, 2.05) is 47.0 Å². The second kappa shape index (κ2) is 6.07. The molecule has 4 aromatic rings. The van der Waals surface area contributed by atoms with Gasteiger partial charge in [0, 0.05) is 11.3 Å². The Morgan fingerprint density at radius 3 is 2.52 bits per heavy atom. The summed E-state index contributed by atoms with van der Waals surface area (Å²) < 4.78 is 6.83. The highest BCUT2D eigenvalue weighted by atomic mass is 32.1. The number of aromatic nitrogens is 2. The van der Waals surface area contributed by atoms with Gasteiger partial charge in [-0.3, -0.25) is 4.57 Å². The molecule has 25 heavy (non-hydrogen) atoms. The summed E-state index contributed by atoms with van der Waals surface area (Å²) in [6.07, 6.45) is 0. The first kappa shape index (κ1) is 15.4. The topological polar surface area (TPSA) is 64.3 Å². The summed E-state index contributed by atoms with van der Waals surface area (Å²) in [5.41, 5.74) is 2.56. The summed E-state index contributed by atoms with van der Waals surface area (Å²) >= 11 is 1.35. The van der Waals surface area contributed by atoms with Crippen LogP contribution in [-0.4, -0.2) is 27.7 Å². The molecule has 124 valence electrons. The maximum Gasteiger partial charge on any atom is 0.348 e. The molecule has 2 aromatic heterocycles. The number of imidazole rings is 1. The van der Waals surface area contributed by atoms with Crippen LogP contribution in [0.25, 0.3) is 27.4 Å². The molecule has 5 nitrogen and oxygen atoms in total. The number of benzene rings is 2. The zero-order chi connectivity index (χ0) is 17.4. The minimum Gasteiger partial charge on any atom is -0.508 e. The lowest BCUT2D eigenvalue weighted by Crippen LogP contribution is -1.98. The highest BCUT2D eigenvalue weighted by Crippen LogP contribution is 2.34. The smallest absolute Gasteiger partial charge is 0.348 e. The zero-order valence-corrected chi connectivity index (χ0v) is 14.2. The molecule has 0 atom stereocenters. The number of carbonyl (C=O) groups excluding carboxylic acids is 1. The van der Waals surface area contributed by atoms with E-state index in [1.54, 1.807) is 18.2 Å².